The van der Waals surface area contributed by atoms with Gasteiger partial charge in [0, 0.05) is 7.05 Å². The highest BCUT2D eigenvalue weighted by Gasteiger charge is 2.26. The van der Waals surface area contributed by atoms with E-state index in [1.165, 1.54) is 18.8 Å². The molecule has 0 saturated carbocycles. The zero-order valence-corrected chi connectivity index (χ0v) is 19.1. The first kappa shape index (κ1) is 21.8. The number of nitrogens with zero attached hydrogens (tertiary/aromatic N) is 3. The maximum Gasteiger partial charge on any atom is 0.341 e. The number of anilines is 1. The Kier molecular flexibility index (Phi) is 6.15. The van der Waals surface area contributed by atoms with Gasteiger partial charge in [0.25, 0.3) is 5.91 Å². The van der Waals surface area contributed by atoms with Crippen molar-refractivity contribution in [2.45, 2.75) is 19.0 Å². The number of carbonyl (C=O) groups excluding carboxylic acids is 3. The fourth-order valence-corrected chi connectivity index (χ4v) is 5.13. The molecule has 0 unspecified atom stereocenters. The molecule has 0 bridgehead atoms. The number of aromatic nitrogens is 4. The van der Waals surface area contributed by atoms with Crippen LogP contribution in [0, 0.1) is 6.92 Å². The quantitative estimate of drug-likeness (QED) is 0.278. The molecular weight excluding hydrogens is 452 g/mol. The summed E-state index contributed by atoms with van der Waals surface area (Å²) in [4.78, 5) is 42.1. The molecule has 0 aliphatic heterocycles. The maximum absolute atomic E-state index is 12.7. The molecule has 3 N–H and O–H groups in total. The molecule has 0 saturated heterocycles. The predicted octanol–water partition coefficient (Wildman–Crippen LogP) is 2.85. The highest BCUT2D eigenvalue weighted by molar-refractivity contribution is 7.99. The van der Waals surface area contributed by atoms with E-state index in [0.717, 1.165) is 22.4 Å². The highest BCUT2D eigenvalue weighted by Crippen LogP contribution is 2.34. The van der Waals surface area contributed by atoms with Gasteiger partial charge in [-0.3, -0.25) is 14.0 Å². The Bertz CT molecular complexity index is 1340. The molecule has 2 amide bonds. The smallest absolute Gasteiger partial charge is 0.341 e. The number of imidazole rings is 1. The summed E-state index contributed by atoms with van der Waals surface area (Å²) < 4.78 is 6.96. The third kappa shape index (κ3) is 3.94. The van der Waals surface area contributed by atoms with Crippen LogP contribution in [0.1, 0.15) is 32.5 Å². The Morgan fingerprint density at radius 2 is 2.06 bits per heavy atom. The van der Waals surface area contributed by atoms with Crippen LogP contribution < -0.4 is 10.6 Å². The highest BCUT2D eigenvalue weighted by atomic mass is 32.2. The number of esters is 1. The Hall–Kier alpha value is -3.38. The van der Waals surface area contributed by atoms with E-state index in [-0.39, 0.29) is 34.7 Å². The second-order valence-electron chi connectivity index (χ2n) is 6.66. The van der Waals surface area contributed by atoms with E-state index in [0.29, 0.717) is 21.4 Å². The second-order valence-corrected chi connectivity index (χ2v) is 8.63. The maximum atomic E-state index is 12.7. The second kappa shape index (κ2) is 9.01. The molecule has 3 heterocycles. The molecule has 4 aromatic rings. The van der Waals surface area contributed by atoms with Gasteiger partial charge in [-0.25, -0.2) is 14.9 Å². The van der Waals surface area contributed by atoms with Crippen molar-refractivity contribution in [3.63, 3.8) is 0 Å². The summed E-state index contributed by atoms with van der Waals surface area (Å²) in [6.07, 6.45) is 0. The van der Waals surface area contributed by atoms with Crippen molar-refractivity contribution >= 4 is 62.7 Å². The standard InChI is InChI=1S/C20H20N6O4S2/c1-4-30-18(29)14-10(2)15(16(28)21-3)32-17(14)23-13(27)9-31-20-25-24-19-22-11-7-5-6-8-12(11)26(19)20/h5-8H,4,9H2,1-3H3,(H,21,28)(H,22,24)(H,23,27). The number of thioether (sulfide) groups is 1. The third-order valence-corrected chi connectivity index (χ3v) is 6.79. The summed E-state index contributed by atoms with van der Waals surface area (Å²) in [7, 11) is 1.50. The Labute approximate surface area is 190 Å². The van der Waals surface area contributed by atoms with Gasteiger partial charge in [-0.05, 0) is 31.5 Å². The molecule has 4 rings (SSSR count). The van der Waals surface area contributed by atoms with Crippen molar-refractivity contribution in [2.75, 3.05) is 24.7 Å². The van der Waals surface area contributed by atoms with Crippen LogP contribution in [0.25, 0.3) is 16.8 Å². The third-order valence-electron chi connectivity index (χ3n) is 4.65. The van der Waals surface area contributed by atoms with Crippen molar-refractivity contribution in [1.29, 1.82) is 0 Å². The number of amides is 2. The van der Waals surface area contributed by atoms with Gasteiger partial charge in [-0.1, -0.05) is 23.9 Å². The molecule has 1 aromatic carbocycles. The van der Waals surface area contributed by atoms with Crippen LogP contribution in [0.3, 0.4) is 0 Å². The van der Waals surface area contributed by atoms with Gasteiger partial charge in [0.15, 0.2) is 5.16 Å². The normalized spacial score (nSPS) is 11.1. The van der Waals surface area contributed by atoms with Gasteiger partial charge in [-0.15, -0.1) is 16.4 Å². The Balaban J connectivity index is 1.55. The van der Waals surface area contributed by atoms with Gasteiger partial charge in [0.1, 0.15) is 5.00 Å². The summed E-state index contributed by atoms with van der Waals surface area (Å²) in [5, 5.41) is 13.3. The number of ether oxygens (including phenoxy) is 1. The Morgan fingerprint density at radius 3 is 2.81 bits per heavy atom. The molecule has 0 spiro atoms. The van der Waals surface area contributed by atoms with Crippen LogP contribution in [-0.4, -0.2) is 56.8 Å². The lowest BCUT2D eigenvalue weighted by Crippen LogP contribution is -2.18. The van der Waals surface area contributed by atoms with E-state index in [1.54, 1.807) is 13.8 Å². The van der Waals surface area contributed by atoms with Crippen LogP contribution in [0.5, 0.6) is 0 Å². The average Bonchev–Trinajstić information content (AvgIpc) is 3.44. The molecule has 0 radical (unpaired) electrons. The molecule has 0 atom stereocenters. The number of thiophene rings is 1. The lowest BCUT2D eigenvalue weighted by molar-refractivity contribution is -0.113. The SMILES string of the molecule is CCOC(=O)c1c(NC(=O)CSc2n[nH]c3nc4ccccc4n23)sc(C(=O)NC)c1C. The number of hydrogen-bond acceptors (Lipinski definition) is 8. The number of rotatable bonds is 7. The lowest BCUT2D eigenvalue weighted by Gasteiger charge is -2.07. The van der Waals surface area contributed by atoms with Crippen LogP contribution in [-0.2, 0) is 9.53 Å². The summed E-state index contributed by atoms with van der Waals surface area (Å²) >= 11 is 2.27. The average molecular weight is 473 g/mol. The summed E-state index contributed by atoms with van der Waals surface area (Å²) in [6, 6.07) is 7.64. The topological polar surface area (TPSA) is 130 Å². The van der Waals surface area contributed by atoms with Gasteiger partial charge in [-0.2, -0.15) is 0 Å². The number of H-pyrrole nitrogens is 1. The molecule has 32 heavy (non-hydrogen) atoms. The van der Waals surface area contributed by atoms with Crippen LogP contribution in [0.2, 0.25) is 0 Å². The van der Waals surface area contributed by atoms with E-state index in [4.69, 9.17) is 4.74 Å². The minimum Gasteiger partial charge on any atom is -0.462 e. The van der Waals surface area contributed by atoms with Gasteiger partial charge in [0.2, 0.25) is 11.7 Å². The van der Waals surface area contributed by atoms with E-state index in [2.05, 4.69) is 25.8 Å². The number of benzene rings is 1. The first-order chi connectivity index (χ1) is 15.4. The van der Waals surface area contributed by atoms with Crippen LogP contribution in [0.15, 0.2) is 29.4 Å². The predicted molar refractivity (Wildman–Crippen MR) is 123 cm³/mol. The van der Waals surface area contributed by atoms with Crippen LogP contribution >= 0.6 is 23.1 Å². The number of aromatic amines is 1. The van der Waals surface area contributed by atoms with Gasteiger partial charge >= 0.3 is 5.97 Å². The molecular formula is C20H20N6O4S2. The van der Waals surface area contributed by atoms with Crippen molar-refractivity contribution in [3.05, 3.63) is 40.3 Å². The number of hydrogen-bond donors (Lipinski definition) is 3. The van der Waals surface area contributed by atoms with Gasteiger partial charge < -0.3 is 15.4 Å². The van der Waals surface area contributed by atoms with Gasteiger partial charge in [0.05, 0.1) is 33.8 Å². The molecule has 10 nitrogen and oxygen atoms in total. The summed E-state index contributed by atoms with van der Waals surface area (Å²) in [6.45, 7) is 3.53. The van der Waals surface area contributed by atoms with Crippen LogP contribution in [0.4, 0.5) is 5.00 Å². The summed E-state index contributed by atoms with van der Waals surface area (Å²) in [5.41, 5.74) is 2.36. The molecule has 0 fully saturated rings. The number of carbonyl (C=O) groups is 3. The number of para-hydroxylation sites is 2. The molecule has 12 heteroatoms. The van der Waals surface area contributed by atoms with E-state index < -0.39 is 5.97 Å². The fraction of sp³-hybridized carbons (Fsp3) is 0.250. The monoisotopic (exact) mass is 472 g/mol. The molecule has 0 aliphatic carbocycles. The van der Waals surface area contributed by atoms with E-state index >= 15 is 0 Å². The fourth-order valence-electron chi connectivity index (χ4n) is 3.21. The minimum absolute atomic E-state index is 0.0426. The minimum atomic E-state index is -0.585. The zero-order valence-electron chi connectivity index (χ0n) is 17.5. The largest absolute Gasteiger partial charge is 0.462 e. The number of nitrogens with one attached hydrogen (secondary N) is 3. The van der Waals surface area contributed by atoms with Crippen molar-refractivity contribution in [3.8, 4) is 0 Å². The first-order valence-corrected chi connectivity index (χ1v) is 11.5. The lowest BCUT2D eigenvalue weighted by atomic mass is 10.1. The van der Waals surface area contributed by atoms with Crippen molar-refractivity contribution in [2.24, 2.45) is 0 Å². The number of fused-ring (bicyclic) bond motifs is 3. The molecule has 0 aliphatic rings. The summed E-state index contributed by atoms with van der Waals surface area (Å²) in [5.74, 6) is -0.633. The van der Waals surface area contributed by atoms with Crippen molar-refractivity contribution < 1.29 is 19.1 Å². The van der Waals surface area contributed by atoms with E-state index in [1.807, 2.05) is 28.7 Å². The first-order valence-electron chi connectivity index (χ1n) is 9.71. The zero-order chi connectivity index (χ0) is 22.8. The Morgan fingerprint density at radius 1 is 1.28 bits per heavy atom. The molecule has 166 valence electrons. The van der Waals surface area contributed by atoms with E-state index in [9.17, 15) is 14.4 Å². The van der Waals surface area contributed by atoms with Crippen molar-refractivity contribution in [1.82, 2.24) is 24.9 Å². The molecule has 3 aromatic heterocycles.